The van der Waals surface area contributed by atoms with Crippen molar-refractivity contribution in [2.24, 2.45) is 0 Å². The van der Waals surface area contributed by atoms with E-state index in [1.807, 2.05) is 47.8 Å². The molecule has 2 aliphatic rings. The average molecular weight is 358 g/mol. The van der Waals surface area contributed by atoms with Crippen molar-refractivity contribution < 1.29 is 9.53 Å². The van der Waals surface area contributed by atoms with Crippen LogP contribution >= 0.6 is 23.5 Å². The van der Waals surface area contributed by atoms with Crippen LogP contribution in [0.1, 0.15) is 21.3 Å². The molecule has 0 bridgehead atoms. The van der Waals surface area contributed by atoms with E-state index in [4.69, 9.17) is 4.74 Å². The van der Waals surface area contributed by atoms with E-state index in [0.717, 1.165) is 30.0 Å². The van der Waals surface area contributed by atoms with E-state index in [1.165, 1.54) is 22.6 Å². The molecule has 1 saturated heterocycles. The highest BCUT2D eigenvalue weighted by Gasteiger charge is 2.18. The summed E-state index contributed by atoms with van der Waals surface area (Å²) in [7, 11) is 0. The first-order valence-electron chi connectivity index (χ1n) is 8.15. The van der Waals surface area contributed by atoms with Crippen LogP contribution < -0.4 is 10.1 Å². The third-order valence-corrected chi connectivity index (χ3v) is 7.29. The van der Waals surface area contributed by atoms with Crippen molar-refractivity contribution in [2.45, 2.75) is 17.4 Å². The van der Waals surface area contributed by atoms with Crippen LogP contribution in [-0.2, 0) is 17.6 Å². The molecule has 5 heteroatoms. The molecule has 0 aromatic heterocycles. The van der Waals surface area contributed by atoms with Crippen molar-refractivity contribution in [1.82, 2.24) is 0 Å². The summed E-state index contributed by atoms with van der Waals surface area (Å²) >= 11 is 3.95. The Hall–Kier alpha value is -1.59. The van der Waals surface area contributed by atoms with Gasteiger partial charge in [0, 0.05) is 23.6 Å². The second-order valence-corrected chi connectivity index (χ2v) is 8.69. The van der Waals surface area contributed by atoms with Gasteiger partial charge in [0.25, 0.3) is 0 Å². The van der Waals surface area contributed by atoms with Gasteiger partial charge in [-0.05, 0) is 34.9 Å². The van der Waals surface area contributed by atoms with Crippen molar-refractivity contribution in [3.8, 4) is 5.75 Å². The number of fused-ring (bicyclic) bond motifs is 1. The molecule has 3 nitrogen and oxygen atoms in total. The van der Waals surface area contributed by atoms with Gasteiger partial charge in [-0.25, -0.2) is 0 Å². The summed E-state index contributed by atoms with van der Waals surface area (Å²) < 4.78 is 6.01. The van der Waals surface area contributed by atoms with Crippen LogP contribution in [0.3, 0.4) is 0 Å². The van der Waals surface area contributed by atoms with Crippen LogP contribution in [0.5, 0.6) is 5.75 Å². The maximum absolute atomic E-state index is 12.4. The van der Waals surface area contributed by atoms with Crippen LogP contribution in [0.15, 0.2) is 42.5 Å². The Morgan fingerprint density at radius 2 is 2.04 bits per heavy atom. The molecule has 4 rings (SSSR count). The van der Waals surface area contributed by atoms with Gasteiger partial charge in [-0.1, -0.05) is 24.3 Å². The highest BCUT2D eigenvalue weighted by molar-refractivity contribution is 8.19. The average Bonchev–Trinajstić information content (AvgIpc) is 3.26. The topological polar surface area (TPSA) is 38.3 Å². The third-order valence-electron chi connectivity index (χ3n) is 4.18. The smallest absolute Gasteiger partial charge is 0.228 e. The second kappa shape index (κ2) is 7.11. The Kier molecular flexibility index (Phi) is 4.72. The third kappa shape index (κ3) is 3.57. The van der Waals surface area contributed by atoms with Crippen LogP contribution in [0.25, 0.3) is 0 Å². The fourth-order valence-corrected chi connectivity index (χ4v) is 5.89. The second-order valence-electron chi connectivity index (χ2n) is 5.96. The lowest BCUT2D eigenvalue weighted by molar-refractivity contribution is -0.115. The van der Waals surface area contributed by atoms with Gasteiger partial charge in [0.1, 0.15) is 5.75 Å². The molecular formula is C19H19NO2S2. The van der Waals surface area contributed by atoms with Crippen LogP contribution in [0.4, 0.5) is 5.69 Å². The lowest BCUT2D eigenvalue weighted by atomic mass is 10.1. The van der Waals surface area contributed by atoms with Gasteiger partial charge in [0.05, 0.1) is 17.6 Å². The number of anilines is 1. The van der Waals surface area contributed by atoms with Gasteiger partial charge < -0.3 is 10.1 Å². The highest BCUT2D eigenvalue weighted by atomic mass is 32.2. The van der Waals surface area contributed by atoms with Crippen molar-refractivity contribution in [3.63, 3.8) is 0 Å². The Bertz CT molecular complexity index is 757. The number of hydrogen-bond acceptors (Lipinski definition) is 4. The highest BCUT2D eigenvalue weighted by Crippen LogP contribution is 2.45. The van der Waals surface area contributed by atoms with E-state index in [2.05, 4.69) is 23.5 Å². The fraction of sp³-hybridized carbons (Fsp3) is 0.316. The van der Waals surface area contributed by atoms with Crippen LogP contribution in [-0.4, -0.2) is 24.0 Å². The van der Waals surface area contributed by atoms with Gasteiger partial charge in [-0.2, -0.15) is 0 Å². The summed E-state index contributed by atoms with van der Waals surface area (Å²) in [5.41, 5.74) is 4.41. The van der Waals surface area contributed by atoms with Crippen molar-refractivity contribution in [3.05, 3.63) is 59.2 Å². The normalized spacial score (nSPS) is 16.7. The molecule has 0 radical (unpaired) electrons. The summed E-state index contributed by atoms with van der Waals surface area (Å²) in [4.78, 5) is 12.4. The summed E-state index contributed by atoms with van der Waals surface area (Å²) in [5.74, 6) is 3.39. The van der Waals surface area contributed by atoms with E-state index in [1.54, 1.807) is 0 Å². The van der Waals surface area contributed by atoms with Gasteiger partial charge >= 0.3 is 0 Å². The first-order valence-corrected chi connectivity index (χ1v) is 10.3. The SMILES string of the molecule is O=C(Cc1ccc2c(c1)CCO2)Nc1cccc(C2SCCS2)c1. The molecule has 124 valence electrons. The molecule has 2 aromatic carbocycles. The molecule has 0 aliphatic carbocycles. The van der Waals surface area contributed by atoms with E-state index in [9.17, 15) is 4.79 Å². The standard InChI is InChI=1S/C19H19NO2S2/c21-18(11-13-4-5-17-14(10-13)6-7-22-17)20-16-3-1-2-15(12-16)19-23-8-9-24-19/h1-5,10,12,19H,6-9,11H2,(H,20,21). The first-order chi connectivity index (χ1) is 11.8. The lowest BCUT2D eigenvalue weighted by Crippen LogP contribution is -2.14. The Morgan fingerprint density at radius 3 is 2.92 bits per heavy atom. The number of thioether (sulfide) groups is 2. The minimum Gasteiger partial charge on any atom is -0.493 e. The number of carbonyl (C=O) groups is 1. The predicted molar refractivity (Wildman–Crippen MR) is 102 cm³/mol. The van der Waals surface area contributed by atoms with Crippen LogP contribution in [0.2, 0.25) is 0 Å². The number of nitrogens with one attached hydrogen (secondary N) is 1. The molecule has 1 N–H and O–H groups in total. The van der Waals surface area contributed by atoms with E-state index in [-0.39, 0.29) is 5.91 Å². The van der Waals surface area contributed by atoms with Crippen molar-refractivity contribution >= 4 is 35.1 Å². The molecule has 1 amide bonds. The van der Waals surface area contributed by atoms with Gasteiger partial charge in [0.2, 0.25) is 5.91 Å². The fourth-order valence-electron chi connectivity index (χ4n) is 3.05. The number of benzene rings is 2. The summed E-state index contributed by atoms with van der Waals surface area (Å²) in [6.45, 7) is 0.745. The molecule has 0 unspecified atom stereocenters. The number of rotatable bonds is 4. The lowest BCUT2D eigenvalue weighted by Gasteiger charge is -2.11. The van der Waals surface area contributed by atoms with Crippen LogP contribution in [0, 0.1) is 0 Å². The first kappa shape index (κ1) is 15.9. The maximum atomic E-state index is 12.4. The van der Waals surface area contributed by atoms with Crippen molar-refractivity contribution in [1.29, 1.82) is 0 Å². The minimum atomic E-state index is 0.0257. The molecule has 0 atom stereocenters. The molecule has 1 fully saturated rings. The summed E-state index contributed by atoms with van der Waals surface area (Å²) in [6, 6.07) is 14.3. The zero-order valence-electron chi connectivity index (χ0n) is 13.3. The molecular weight excluding hydrogens is 338 g/mol. The van der Waals surface area contributed by atoms with Gasteiger partial charge in [-0.15, -0.1) is 23.5 Å². The number of ether oxygens (including phenoxy) is 1. The predicted octanol–water partition coefficient (Wildman–Crippen LogP) is 4.28. The molecule has 2 heterocycles. The number of carbonyl (C=O) groups excluding carboxylic acids is 1. The Labute approximate surface area is 150 Å². The van der Waals surface area contributed by atoms with E-state index >= 15 is 0 Å². The zero-order chi connectivity index (χ0) is 16.4. The summed E-state index contributed by atoms with van der Waals surface area (Å²) in [5, 5.41) is 3.03. The largest absolute Gasteiger partial charge is 0.493 e. The number of amides is 1. The Morgan fingerprint density at radius 1 is 1.17 bits per heavy atom. The van der Waals surface area contributed by atoms with Crippen molar-refractivity contribution in [2.75, 3.05) is 23.4 Å². The summed E-state index contributed by atoms with van der Waals surface area (Å²) in [6.07, 6.45) is 1.33. The molecule has 0 spiro atoms. The minimum absolute atomic E-state index is 0.0257. The molecule has 2 aliphatic heterocycles. The van der Waals surface area contributed by atoms with Gasteiger partial charge in [-0.3, -0.25) is 4.79 Å². The quantitative estimate of drug-likeness (QED) is 0.886. The molecule has 24 heavy (non-hydrogen) atoms. The van der Waals surface area contributed by atoms with Gasteiger partial charge in [0.15, 0.2) is 0 Å². The maximum Gasteiger partial charge on any atom is 0.228 e. The zero-order valence-corrected chi connectivity index (χ0v) is 14.9. The number of hydrogen-bond donors (Lipinski definition) is 1. The monoisotopic (exact) mass is 357 g/mol. The molecule has 2 aromatic rings. The van der Waals surface area contributed by atoms with E-state index < -0.39 is 0 Å². The van der Waals surface area contributed by atoms with E-state index in [0.29, 0.717) is 11.0 Å². The molecule has 0 saturated carbocycles. The Balaban J connectivity index is 1.41.